The van der Waals surface area contributed by atoms with Gasteiger partial charge in [0.2, 0.25) is 5.88 Å². The van der Waals surface area contributed by atoms with Gasteiger partial charge in [0.25, 0.3) is 0 Å². The Kier molecular flexibility index (Phi) is 5.22. The van der Waals surface area contributed by atoms with Crippen molar-refractivity contribution in [1.82, 2.24) is 15.1 Å². The first-order valence-electron chi connectivity index (χ1n) is 7.18. The number of aryl methyl sites for hydroxylation is 2. The van der Waals surface area contributed by atoms with Gasteiger partial charge in [0.15, 0.2) is 0 Å². The predicted molar refractivity (Wildman–Crippen MR) is 74.5 cm³/mol. The quantitative estimate of drug-likeness (QED) is 0.763. The fourth-order valence-electron chi connectivity index (χ4n) is 2.39. The minimum absolute atomic E-state index is 0.212. The Morgan fingerprint density at radius 1 is 1.47 bits per heavy atom. The molecule has 0 bridgehead atoms. The van der Waals surface area contributed by atoms with E-state index in [2.05, 4.69) is 17.3 Å². The van der Waals surface area contributed by atoms with E-state index in [1.165, 1.54) is 6.42 Å². The topological polar surface area (TPSA) is 48.3 Å². The first-order chi connectivity index (χ1) is 9.19. The van der Waals surface area contributed by atoms with E-state index in [1.54, 1.807) is 4.68 Å². The lowest BCUT2D eigenvalue weighted by molar-refractivity contribution is 0.0169. The van der Waals surface area contributed by atoms with Crippen molar-refractivity contribution < 1.29 is 9.47 Å². The molecule has 0 radical (unpaired) electrons. The zero-order valence-corrected chi connectivity index (χ0v) is 12.2. The summed E-state index contributed by atoms with van der Waals surface area (Å²) in [5.74, 6) is 0.814. The fraction of sp³-hybridized carbons (Fsp3) is 0.786. The fourth-order valence-corrected chi connectivity index (χ4v) is 2.39. The van der Waals surface area contributed by atoms with Crippen LogP contribution >= 0.6 is 0 Å². The van der Waals surface area contributed by atoms with Gasteiger partial charge < -0.3 is 14.8 Å². The van der Waals surface area contributed by atoms with Crippen molar-refractivity contribution in [3.63, 3.8) is 0 Å². The summed E-state index contributed by atoms with van der Waals surface area (Å²) in [6, 6.07) is 1.95. The second-order valence-electron chi connectivity index (χ2n) is 5.22. The molecule has 0 aromatic carbocycles. The van der Waals surface area contributed by atoms with Crippen LogP contribution in [0.25, 0.3) is 0 Å². The van der Waals surface area contributed by atoms with Gasteiger partial charge >= 0.3 is 0 Å². The molecule has 1 aliphatic heterocycles. The van der Waals surface area contributed by atoms with Gasteiger partial charge in [-0.2, -0.15) is 5.10 Å². The highest BCUT2D eigenvalue weighted by molar-refractivity contribution is 5.14. The molecule has 0 saturated carbocycles. The number of hydrogen-bond donors (Lipinski definition) is 1. The lowest BCUT2D eigenvalue weighted by Gasteiger charge is -2.15. The minimum atomic E-state index is 0.212. The van der Waals surface area contributed by atoms with E-state index >= 15 is 0 Å². The van der Waals surface area contributed by atoms with Crippen LogP contribution in [-0.2, 0) is 11.8 Å². The minimum Gasteiger partial charge on any atom is -0.475 e. The van der Waals surface area contributed by atoms with Gasteiger partial charge in [0.05, 0.1) is 17.9 Å². The molecular weight excluding hydrogens is 242 g/mol. The maximum absolute atomic E-state index is 5.96. The predicted octanol–water partition coefficient (Wildman–Crippen LogP) is 1.65. The first-order valence-corrected chi connectivity index (χ1v) is 7.18. The molecule has 1 N–H and O–H groups in total. The largest absolute Gasteiger partial charge is 0.475 e. The Hall–Kier alpha value is -1.07. The third-order valence-corrected chi connectivity index (χ3v) is 3.37. The van der Waals surface area contributed by atoms with E-state index in [1.807, 2.05) is 20.0 Å². The first kappa shape index (κ1) is 14.3. The van der Waals surface area contributed by atoms with Gasteiger partial charge in [-0.3, -0.25) is 0 Å². The molecule has 0 amide bonds. The molecular formula is C14H25N3O2. The van der Waals surface area contributed by atoms with E-state index < -0.39 is 0 Å². The summed E-state index contributed by atoms with van der Waals surface area (Å²) in [5.41, 5.74) is 0.978. The summed E-state index contributed by atoms with van der Waals surface area (Å²) >= 11 is 0. The van der Waals surface area contributed by atoms with Crippen molar-refractivity contribution >= 4 is 0 Å². The van der Waals surface area contributed by atoms with Gasteiger partial charge in [-0.25, -0.2) is 4.68 Å². The highest BCUT2D eigenvalue weighted by atomic mass is 16.5. The molecule has 2 rings (SSSR count). The number of aromatic nitrogens is 2. The van der Waals surface area contributed by atoms with Crippen LogP contribution < -0.4 is 10.1 Å². The smallest absolute Gasteiger partial charge is 0.211 e. The number of rotatable bonds is 7. The molecule has 2 unspecified atom stereocenters. The molecule has 0 aliphatic carbocycles. The molecule has 108 valence electrons. The number of ether oxygens (including phenoxy) is 2. The lowest BCUT2D eigenvalue weighted by Crippen LogP contribution is -2.28. The summed E-state index contributed by atoms with van der Waals surface area (Å²) in [5, 5.41) is 7.67. The van der Waals surface area contributed by atoms with Crippen molar-refractivity contribution in [3.8, 4) is 5.88 Å². The van der Waals surface area contributed by atoms with Crippen molar-refractivity contribution in [2.75, 3.05) is 19.7 Å². The maximum atomic E-state index is 5.96. The molecule has 1 aromatic rings. The van der Waals surface area contributed by atoms with E-state index in [9.17, 15) is 0 Å². The SMILES string of the molecule is CCCNCC1CCC(COc2cc(C)nn2C)O1. The summed E-state index contributed by atoms with van der Waals surface area (Å²) in [6.45, 7) is 6.77. The molecule has 2 heterocycles. The molecule has 1 aliphatic rings. The maximum Gasteiger partial charge on any atom is 0.211 e. The normalized spacial score (nSPS) is 22.9. The molecule has 0 spiro atoms. The van der Waals surface area contributed by atoms with Crippen molar-refractivity contribution in [2.45, 2.75) is 45.3 Å². The van der Waals surface area contributed by atoms with E-state index in [0.717, 1.165) is 37.5 Å². The molecule has 5 heteroatoms. The summed E-state index contributed by atoms with van der Waals surface area (Å²) in [6.07, 6.45) is 3.92. The molecule has 1 saturated heterocycles. The van der Waals surface area contributed by atoms with Crippen molar-refractivity contribution in [2.24, 2.45) is 7.05 Å². The monoisotopic (exact) mass is 267 g/mol. The highest BCUT2D eigenvalue weighted by Gasteiger charge is 2.25. The van der Waals surface area contributed by atoms with Crippen LogP contribution in [0.2, 0.25) is 0 Å². The average molecular weight is 267 g/mol. The molecule has 1 fully saturated rings. The van der Waals surface area contributed by atoms with Crippen LogP contribution in [0, 0.1) is 6.92 Å². The summed E-state index contributed by atoms with van der Waals surface area (Å²) < 4.78 is 13.5. The Bertz CT molecular complexity index is 392. The van der Waals surface area contributed by atoms with Crippen LogP contribution in [0.4, 0.5) is 0 Å². The van der Waals surface area contributed by atoms with Gasteiger partial charge in [-0.05, 0) is 32.7 Å². The highest BCUT2D eigenvalue weighted by Crippen LogP contribution is 2.20. The third-order valence-electron chi connectivity index (χ3n) is 3.37. The van der Waals surface area contributed by atoms with Crippen LogP contribution in [0.1, 0.15) is 31.9 Å². The summed E-state index contributed by atoms with van der Waals surface area (Å²) in [4.78, 5) is 0. The van der Waals surface area contributed by atoms with Gasteiger partial charge in [-0.1, -0.05) is 6.92 Å². The Labute approximate surface area is 115 Å². The Morgan fingerprint density at radius 3 is 2.95 bits per heavy atom. The van der Waals surface area contributed by atoms with Crippen LogP contribution in [0.3, 0.4) is 0 Å². The Balaban J connectivity index is 1.69. The van der Waals surface area contributed by atoms with Gasteiger partial charge in [0, 0.05) is 19.7 Å². The zero-order valence-electron chi connectivity index (χ0n) is 12.2. The van der Waals surface area contributed by atoms with Crippen molar-refractivity contribution in [1.29, 1.82) is 0 Å². The standard InChI is InChI=1S/C14H25N3O2/c1-4-7-15-9-12-5-6-13(19-12)10-18-14-8-11(2)16-17(14)3/h8,12-13,15H,4-7,9-10H2,1-3H3. The molecule has 2 atom stereocenters. The molecule has 5 nitrogen and oxygen atoms in total. The number of nitrogens with one attached hydrogen (secondary N) is 1. The van der Waals surface area contributed by atoms with E-state index in [-0.39, 0.29) is 6.10 Å². The Morgan fingerprint density at radius 2 is 2.26 bits per heavy atom. The third kappa shape index (κ3) is 4.21. The number of nitrogens with zero attached hydrogens (tertiary/aromatic N) is 2. The average Bonchev–Trinajstić information content (AvgIpc) is 2.94. The number of hydrogen-bond acceptors (Lipinski definition) is 4. The second kappa shape index (κ2) is 6.91. The molecule has 1 aromatic heterocycles. The molecule has 19 heavy (non-hydrogen) atoms. The van der Waals surface area contributed by atoms with Gasteiger partial charge in [0.1, 0.15) is 6.61 Å². The zero-order chi connectivity index (χ0) is 13.7. The van der Waals surface area contributed by atoms with Crippen LogP contribution in [0.5, 0.6) is 5.88 Å². The van der Waals surface area contributed by atoms with E-state index in [0.29, 0.717) is 12.7 Å². The van der Waals surface area contributed by atoms with Crippen molar-refractivity contribution in [3.05, 3.63) is 11.8 Å². The summed E-state index contributed by atoms with van der Waals surface area (Å²) in [7, 11) is 1.90. The lowest BCUT2D eigenvalue weighted by atomic mass is 10.2. The van der Waals surface area contributed by atoms with Crippen LogP contribution in [-0.4, -0.2) is 41.7 Å². The van der Waals surface area contributed by atoms with E-state index in [4.69, 9.17) is 9.47 Å². The van der Waals surface area contributed by atoms with Crippen LogP contribution in [0.15, 0.2) is 6.07 Å². The second-order valence-corrected chi connectivity index (χ2v) is 5.22. The van der Waals surface area contributed by atoms with Gasteiger partial charge in [-0.15, -0.1) is 0 Å².